The summed E-state index contributed by atoms with van der Waals surface area (Å²) in [4.78, 5) is 10.1. The standard InChI is InChI=1S/C13H18FN5O/c1-3-19(4-2)8-11(15)12-17-13(20-18-12)9-5-10(14)7-16-6-9/h5-7,11H,3-4,8,15H2,1-2H3. The van der Waals surface area contributed by atoms with Crippen LogP contribution in [0.3, 0.4) is 0 Å². The van der Waals surface area contributed by atoms with E-state index >= 15 is 0 Å². The van der Waals surface area contributed by atoms with Gasteiger partial charge in [0, 0.05) is 12.7 Å². The monoisotopic (exact) mass is 279 g/mol. The lowest BCUT2D eigenvalue weighted by atomic mass is 10.2. The summed E-state index contributed by atoms with van der Waals surface area (Å²) in [5, 5.41) is 3.86. The van der Waals surface area contributed by atoms with Gasteiger partial charge in [0.15, 0.2) is 5.82 Å². The van der Waals surface area contributed by atoms with Crippen LogP contribution in [0.15, 0.2) is 23.0 Å². The molecule has 0 radical (unpaired) electrons. The zero-order valence-electron chi connectivity index (χ0n) is 11.6. The lowest BCUT2D eigenvalue weighted by Gasteiger charge is -2.20. The second-order valence-electron chi connectivity index (χ2n) is 4.44. The minimum Gasteiger partial charge on any atom is -0.334 e. The molecular weight excluding hydrogens is 261 g/mol. The molecule has 20 heavy (non-hydrogen) atoms. The fraction of sp³-hybridized carbons (Fsp3) is 0.462. The van der Waals surface area contributed by atoms with Gasteiger partial charge in [0.25, 0.3) is 5.89 Å². The van der Waals surface area contributed by atoms with Crippen molar-refractivity contribution in [3.8, 4) is 11.5 Å². The molecule has 0 aliphatic carbocycles. The average molecular weight is 279 g/mol. The van der Waals surface area contributed by atoms with Crippen LogP contribution in [0.5, 0.6) is 0 Å². The Morgan fingerprint density at radius 2 is 2.10 bits per heavy atom. The first kappa shape index (κ1) is 14.5. The zero-order valence-corrected chi connectivity index (χ0v) is 11.6. The fourth-order valence-electron chi connectivity index (χ4n) is 1.87. The van der Waals surface area contributed by atoms with Crippen molar-refractivity contribution in [3.63, 3.8) is 0 Å². The molecule has 7 heteroatoms. The quantitative estimate of drug-likeness (QED) is 0.865. The van der Waals surface area contributed by atoms with E-state index in [0.29, 0.717) is 17.9 Å². The maximum absolute atomic E-state index is 13.1. The van der Waals surface area contributed by atoms with Crippen LogP contribution in [0, 0.1) is 5.82 Å². The molecule has 0 bridgehead atoms. The van der Waals surface area contributed by atoms with Crippen molar-refractivity contribution in [1.29, 1.82) is 0 Å². The SMILES string of the molecule is CCN(CC)CC(N)c1noc(-c2cncc(F)c2)n1. The summed E-state index contributed by atoms with van der Waals surface area (Å²) in [6.07, 6.45) is 2.59. The maximum atomic E-state index is 13.1. The topological polar surface area (TPSA) is 81.1 Å². The summed E-state index contributed by atoms with van der Waals surface area (Å²) in [6, 6.07) is 0.953. The minimum atomic E-state index is -0.449. The van der Waals surface area contributed by atoms with Gasteiger partial charge in [-0.15, -0.1) is 0 Å². The molecule has 0 amide bonds. The van der Waals surface area contributed by atoms with E-state index < -0.39 is 5.82 Å². The maximum Gasteiger partial charge on any atom is 0.259 e. The lowest BCUT2D eigenvalue weighted by Crippen LogP contribution is -2.32. The molecule has 2 heterocycles. The number of nitrogens with two attached hydrogens (primary N) is 1. The molecule has 1 unspecified atom stereocenters. The molecule has 108 valence electrons. The highest BCUT2D eigenvalue weighted by molar-refractivity contribution is 5.50. The number of rotatable bonds is 6. The van der Waals surface area contributed by atoms with E-state index in [-0.39, 0.29) is 11.9 Å². The molecule has 6 nitrogen and oxygen atoms in total. The Bertz CT molecular complexity index is 555. The van der Waals surface area contributed by atoms with Crippen molar-refractivity contribution < 1.29 is 8.91 Å². The van der Waals surface area contributed by atoms with E-state index in [1.54, 1.807) is 0 Å². The molecule has 0 aliphatic rings. The van der Waals surface area contributed by atoms with Crippen molar-refractivity contribution in [2.24, 2.45) is 5.73 Å². The molecule has 2 rings (SSSR count). The highest BCUT2D eigenvalue weighted by atomic mass is 19.1. The number of aromatic nitrogens is 3. The van der Waals surface area contributed by atoms with Gasteiger partial charge in [-0.3, -0.25) is 4.98 Å². The van der Waals surface area contributed by atoms with Crippen LogP contribution in [0.1, 0.15) is 25.7 Å². The molecule has 0 saturated carbocycles. The highest BCUT2D eigenvalue weighted by Gasteiger charge is 2.17. The second kappa shape index (κ2) is 6.53. The van der Waals surface area contributed by atoms with Crippen molar-refractivity contribution in [2.75, 3.05) is 19.6 Å². The number of nitrogens with zero attached hydrogens (tertiary/aromatic N) is 4. The summed E-state index contributed by atoms with van der Waals surface area (Å²) in [7, 11) is 0. The van der Waals surface area contributed by atoms with Crippen molar-refractivity contribution >= 4 is 0 Å². The Morgan fingerprint density at radius 3 is 2.75 bits per heavy atom. The number of halogens is 1. The van der Waals surface area contributed by atoms with Gasteiger partial charge in [-0.25, -0.2) is 4.39 Å². The normalized spacial score (nSPS) is 12.8. The summed E-state index contributed by atoms with van der Waals surface area (Å²) in [5.74, 6) is 0.188. The predicted octanol–water partition coefficient (Wildman–Crippen LogP) is 1.61. The van der Waals surface area contributed by atoms with E-state index in [1.165, 1.54) is 12.3 Å². The van der Waals surface area contributed by atoms with E-state index in [4.69, 9.17) is 10.3 Å². The zero-order chi connectivity index (χ0) is 14.5. The van der Waals surface area contributed by atoms with E-state index in [1.807, 2.05) is 0 Å². The largest absolute Gasteiger partial charge is 0.334 e. The smallest absolute Gasteiger partial charge is 0.259 e. The Balaban J connectivity index is 2.12. The van der Waals surface area contributed by atoms with Crippen LogP contribution in [0.25, 0.3) is 11.5 Å². The van der Waals surface area contributed by atoms with Gasteiger partial charge in [-0.05, 0) is 19.2 Å². The molecule has 2 aromatic heterocycles. The summed E-state index contributed by atoms with van der Waals surface area (Å²) in [6.45, 7) is 6.59. The third-order valence-corrected chi connectivity index (χ3v) is 3.07. The molecule has 2 aromatic rings. The first-order valence-electron chi connectivity index (χ1n) is 6.56. The molecular formula is C13H18FN5O. The van der Waals surface area contributed by atoms with E-state index in [2.05, 4.69) is 33.9 Å². The summed E-state index contributed by atoms with van der Waals surface area (Å²) >= 11 is 0. The number of pyridine rings is 1. The molecule has 0 saturated heterocycles. The van der Waals surface area contributed by atoms with Gasteiger partial charge in [0.2, 0.25) is 0 Å². The van der Waals surface area contributed by atoms with Gasteiger partial charge in [0.1, 0.15) is 5.82 Å². The first-order valence-corrected chi connectivity index (χ1v) is 6.56. The van der Waals surface area contributed by atoms with Gasteiger partial charge >= 0.3 is 0 Å². The average Bonchev–Trinajstić information content (AvgIpc) is 2.94. The Hall–Kier alpha value is -1.86. The van der Waals surface area contributed by atoms with Crippen LogP contribution in [-0.4, -0.2) is 39.7 Å². The third-order valence-electron chi connectivity index (χ3n) is 3.07. The molecule has 0 fully saturated rings. The van der Waals surface area contributed by atoms with Crippen molar-refractivity contribution in [1.82, 2.24) is 20.0 Å². The van der Waals surface area contributed by atoms with Crippen LogP contribution in [-0.2, 0) is 0 Å². The Morgan fingerprint density at radius 1 is 1.35 bits per heavy atom. The molecule has 0 spiro atoms. The minimum absolute atomic E-state index is 0.224. The molecule has 1 atom stereocenters. The van der Waals surface area contributed by atoms with Crippen molar-refractivity contribution in [3.05, 3.63) is 30.1 Å². The Labute approximate surface area is 116 Å². The molecule has 0 aromatic carbocycles. The van der Waals surface area contributed by atoms with Gasteiger partial charge < -0.3 is 15.2 Å². The Kier molecular flexibility index (Phi) is 4.75. The predicted molar refractivity (Wildman–Crippen MR) is 72.2 cm³/mol. The van der Waals surface area contributed by atoms with Crippen molar-refractivity contribution in [2.45, 2.75) is 19.9 Å². The molecule has 0 aliphatic heterocycles. The second-order valence-corrected chi connectivity index (χ2v) is 4.44. The first-order chi connectivity index (χ1) is 9.63. The highest BCUT2D eigenvalue weighted by Crippen LogP contribution is 2.18. The molecule has 2 N–H and O–H groups in total. The third kappa shape index (κ3) is 3.37. The van der Waals surface area contributed by atoms with Gasteiger partial charge in [-0.2, -0.15) is 4.98 Å². The number of hydrogen-bond acceptors (Lipinski definition) is 6. The summed E-state index contributed by atoms with van der Waals surface area (Å²) in [5.41, 5.74) is 6.50. The van der Waals surface area contributed by atoms with E-state index in [0.717, 1.165) is 19.3 Å². The van der Waals surface area contributed by atoms with Gasteiger partial charge in [0.05, 0.1) is 17.8 Å². The van der Waals surface area contributed by atoms with Crippen LogP contribution >= 0.6 is 0 Å². The van der Waals surface area contributed by atoms with E-state index in [9.17, 15) is 4.39 Å². The fourth-order valence-corrected chi connectivity index (χ4v) is 1.87. The number of likely N-dealkylation sites (N-methyl/N-ethyl adjacent to an activating group) is 1. The summed E-state index contributed by atoms with van der Waals surface area (Å²) < 4.78 is 18.2. The van der Waals surface area contributed by atoms with Crippen LogP contribution in [0.2, 0.25) is 0 Å². The van der Waals surface area contributed by atoms with Gasteiger partial charge in [-0.1, -0.05) is 19.0 Å². The van der Waals surface area contributed by atoms with Crippen LogP contribution < -0.4 is 5.73 Å². The lowest BCUT2D eigenvalue weighted by molar-refractivity contribution is 0.278. The van der Waals surface area contributed by atoms with Crippen LogP contribution in [0.4, 0.5) is 4.39 Å². The number of hydrogen-bond donors (Lipinski definition) is 1.